The maximum absolute atomic E-state index is 12.8. The van der Waals surface area contributed by atoms with E-state index in [-0.39, 0.29) is 29.0 Å². The first kappa shape index (κ1) is 23.9. The minimum absolute atomic E-state index is 0.00992. The number of anilines is 4. The molecule has 1 aliphatic heterocycles. The van der Waals surface area contributed by atoms with Crippen molar-refractivity contribution in [2.24, 2.45) is 0 Å². The number of benzene rings is 1. The molecule has 2 aromatic heterocycles. The van der Waals surface area contributed by atoms with Gasteiger partial charge in [0.05, 0.1) is 40.8 Å². The van der Waals surface area contributed by atoms with E-state index in [2.05, 4.69) is 31.8 Å². The number of aromatic nitrogens is 4. The van der Waals surface area contributed by atoms with Crippen LogP contribution in [0, 0.1) is 22.7 Å². The molecule has 1 amide bonds. The molecule has 14 heteroatoms. The maximum atomic E-state index is 12.8. The number of amides is 1. The van der Waals surface area contributed by atoms with Gasteiger partial charge in [0.25, 0.3) is 6.43 Å². The average Bonchev–Trinajstić information content (AvgIpc) is 3.27. The summed E-state index contributed by atoms with van der Waals surface area (Å²) in [5, 5.41) is 28.6. The molecule has 1 aromatic carbocycles. The Morgan fingerprint density at radius 2 is 1.94 bits per heavy atom. The zero-order chi connectivity index (χ0) is 25.1. The van der Waals surface area contributed by atoms with Crippen LogP contribution in [0.1, 0.15) is 18.1 Å². The van der Waals surface area contributed by atoms with E-state index < -0.39 is 13.0 Å². The highest BCUT2D eigenvalue weighted by Crippen LogP contribution is 2.36. The highest BCUT2D eigenvalue weighted by Gasteiger charge is 2.23. The first-order valence-electron chi connectivity index (χ1n) is 10.5. The molecule has 0 aliphatic carbocycles. The summed E-state index contributed by atoms with van der Waals surface area (Å²) in [4.78, 5) is 23.8. The standard InChI is InChI=1S/C21H19ClF2N10O/c1-12(35)32-2-4-33(5-3-32)16-7-13(8-25)6-15(18(16)22)29-20-30-19-14(9-26)10-28-34(19)21(31-20)27-11-17(23)24/h6-7,10,17H,2-5,11H2,1H3,(H2,27,29,30,31). The number of nitriles is 2. The number of alkyl halides is 2. The summed E-state index contributed by atoms with van der Waals surface area (Å²) in [6.07, 6.45) is -1.39. The summed E-state index contributed by atoms with van der Waals surface area (Å²) in [7, 11) is 0. The summed E-state index contributed by atoms with van der Waals surface area (Å²) in [6.45, 7) is 2.91. The second-order valence-corrected chi connectivity index (χ2v) is 8.01. The molecule has 3 aromatic rings. The van der Waals surface area contributed by atoms with Crippen LogP contribution in [0.5, 0.6) is 0 Å². The van der Waals surface area contributed by atoms with E-state index in [1.165, 1.54) is 19.2 Å². The van der Waals surface area contributed by atoms with Crippen molar-refractivity contribution < 1.29 is 13.6 Å². The van der Waals surface area contributed by atoms with Gasteiger partial charge in [-0.2, -0.15) is 30.1 Å². The van der Waals surface area contributed by atoms with Crippen LogP contribution in [-0.4, -0.2) is 69.5 Å². The number of nitrogens with zero attached hydrogens (tertiary/aromatic N) is 8. The first-order chi connectivity index (χ1) is 16.8. The lowest BCUT2D eigenvalue weighted by Gasteiger charge is -2.36. The number of rotatable bonds is 6. The molecule has 0 saturated carbocycles. The van der Waals surface area contributed by atoms with Gasteiger partial charge in [-0.3, -0.25) is 4.79 Å². The van der Waals surface area contributed by atoms with Crippen LogP contribution in [-0.2, 0) is 4.79 Å². The molecule has 0 bridgehead atoms. The number of fused-ring (bicyclic) bond motifs is 1. The minimum atomic E-state index is -2.64. The number of hydrogen-bond donors (Lipinski definition) is 2. The molecule has 0 atom stereocenters. The largest absolute Gasteiger partial charge is 0.367 e. The third-order valence-electron chi connectivity index (χ3n) is 5.40. The van der Waals surface area contributed by atoms with Crippen molar-refractivity contribution in [3.05, 3.63) is 34.5 Å². The van der Waals surface area contributed by atoms with Crippen LogP contribution >= 0.6 is 11.6 Å². The summed E-state index contributed by atoms with van der Waals surface area (Å²) in [5.41, 5.74) is 1.46. The van der Waals surface area contributed by atoms with E-state index in [0.29, 0.717) is 48.1 Å². The molecular weight excluding hydrogens is 482 g/mol. The van der Waals surface area contributed by atoms with Crippen molar-refractivity contribution in [1.29, 1.82) is 10.5 Å². The third-order valence-corrected chi connectivity index (χ3v) is 5.79. The van der Waals surface area contributed by atoms with Gasteiger partial charge in [0.15, 0.2) is 5.65 Å². The second kappa shape index (κ2) is 9.95. The highest BCUT2D eigenvalue weighted by molar-refractivity contribution is 6.36. The predicted molar refractivity (Wildman–Crippen MR) is 124 cm³/mol. The first-order valence-corrected chi connectivity index (χ1v) is 10.9. The lowest BCUT2D eigenvalue weighted by Crippen LogP contribution is -2.48. The molecule has 0 spiro atoms. The molecule has 0 unspecified atom stereocenters. The molecule has 1 saturated heterocycles. The Morgan fingerprint density at radius 3 is 2.57 bits per heavy atom. The maximum Gasteiger partial charge on any atom is 0.255 e. The van der Waals surface area contributed by atoms with Crippen LogP contribution < -0.4 is 15.5 Å². The van der Waals surface area contributed by atoms with Crippen LogP contribution in [0.2, 0.25) is 5.02 Å². The van der Waals surface area contributed by atoms with Gasteiger partial charge in [0.2, 0.25) is 17.8 Å². The van der Waals surface area contributed by atoms with E-state index in [1.54, 1.807) is 11.0 Å². The Labute approximate surface area is 203 Å². The SMILES string of the molecule is CC(=O)N1CCN(c2cc(C#N)cc(Nc3nc(NCC(F)F)n4ncc(C#N)c4n3)c2Cl)CC1. The number of carbonyl (C=O) groups is 1. The minimum Gasteiger partial charge on any atom is -0.367 e. The Bertz CT molecular complexity index is 1350. The number of piperazine rings is 1. The monoisotopic (exact) mass is 500 g/mol. The molecule has 35 heavy (non-hydrogen) atoms. The molecule has 1 fully saturated rings. The van der Waals surface area contributed by atoms with Crippen LogP contribution in [0.25, 0.3) is 5.65 Å². The van der Waals surface area contributed by atoms with Crippen LogP contribution in [0.4, 0.5) is 32.1 Å². The molecule has 3 heterocycles. The molecule has 2 N–H and O–H groups in total. The second-order valence-electron chi connectivity index (χ2n) is 7.64. The summed E-state index contributed by atoms with van der Waals surface area (Å²) >= 11 is 6.68. The van der Waals surface area contributed by atoms with Gasteiger partial charge in [-0.25, -0.2) is 8.78 Å². The van der Waals surface area contributed by atoms with Gasteiger partial charge in [-0.1, -0.05) is 11.6 Å². The number of carbonyl (C=O) groups excluding carboxylic acids is 1. The van der Waals surface area contributed by atoms with Crippen molar-refractivity contribution in [3.63, 3.8) is 0 Å². The molecule has 11 nitrogen and oxygen atoms in total. The van der Waals surface area contributed by atoms with Crippen molar-refractivity contribution in [3.8, 4) is 12.1 Å². The van der Waals surface area contributed by atoms with Gasteiger partial charge in [0.1, 0.15) is 11.6 Å². The zero-order valence-corrected chi connectivity index (χ0v) is 19.2. The fourth-order valence-electron chi connectivity index (χ4n) is 3.67. The van der Waals surface area contributed by atoms with E-state index in [4.69, 9.17) is 11.6 Å². The van der Waals surface area contributed by atoms with Gasteiger partial charge in [-0.05, 0) is 12.1 Å². The number of nitrogens with one attached hydrogen (secondary N) is 2. The van der Waals surface area contributed by atoms with Gasteiger partial charge < -0.3 is 20.4 Å². The molecule has 0 radical (unpaired) electrons. The number of hydrogen-bond acceptors (Lipinski definition) is 9. The third kappa shape index (κ3) is 5.00. The van der Waals surface area contributed by atoms with E-state index in [9.17, 15) is 24.1 Å². The molecular formula is C21H19ClF2N10O. The Balaban J connectivity index is 1.70. The summed E-state index contributed by atoms with van der Waals surface area (Å²) in [5.74, 6) is -0.0904. The van der Waals surface area contributed by atoms with Crippen molar-refractivity contribution in [1.82, 2.24) is 24.5 Å². The average molecular weight is 501 g/mol. The van der Waals surface area contributed by atoms with Crippen molar-refractivity contribution in [2.45, 2.75) is 13.3 Å². The van der Waals surface area contributed by atoms with Gasteiger partial charge in [-0.15, -0.1) is 0 Å². The smallest absolute Gasteiger partial charge is 0.255 e. The lowest BCUT2D eigenvalue weighted by atomic mass is 10.1. The van der Waals surface area contributed by atoms with Gasteiger partial charge >= 0.3 is 0 Å². The fraction of sp³-hybridized carbons (Fsp3) is 0.333. The quantitative estimate of drug-likeness (QED) is 0.522. The number of halogens is 3. The van der Waals surface area contributed by atoms with Crippen LogP contribution in [0.15, 0.2) is 18.3 Å². The van der Waals surface area contributed by atoms with E-state index in [0.717, 1.165) is 4.52 Å². The molecule has 1 aliphatic rings. The van der Waals surface area contributed by atoms with Crippen molar-refractivity contribution in [2.75, 3.05) is 48.3 Å². The van der Waals surface area contributed by atoms with E-state index >= 15 is 0 Å². The topological polar surface area (TPSA) is 138 Å². The van der Waals surface area contributed by atoms with E-state index in [1.807, 2.05) is 11.0 Å². The molecule has 180 valence electrons. The van der Waals surface area contributed by atoms with Crippen molar-refractivity contribution >= 4 is 46.4 Å². The van der Waals surface area contributed by atoms with Gasteiger partial charge in [0, 0.05) is 33.1 Å². The Kier molecular flexibility index (Phi) is 6.80. The Morgan fingerprint density at radius 1 is 1.20 bits per heavy atom. The molecule has 4 rings (SSSR count). The highest BCUT2D eigenvalue weighted by atomic mass is 35.5. The summed E-state index contributed by atoms with van der Waals surface area (Å²) in [6, 6.07) is 7.20. The van der Waals surface area contributed by atoms with Crippen LogP contribution in [0.3, 0.4) is 0 Å². The predicted octanol–water partition coefficient (Wildman–Crippen LogP) is 2.61. The normalized spacial score (nSPS) is 13.6. The fourth-order valence-corrected chi connectivity index (χ4v) is 3.95. The Hall–Kier alpha value is -4.23. The zero-order valence-electron chi connectivity index (χ0n) is 18.5. The lowest BCUT2D eigenvalue weighted by molar-refractivity contribution is -0.129. The summed E-state index contributed by atoms with van der Waals surface area (Å²) < 4.78 is 26.7.